The maximum Gasteiger partial charge on any atom is 0.159 e. The summed E-state index contributed by atoms with van der Waals surface area (Å²) >= 11 is 0. The van der Waals surface area contributed by atoms with Crippen LogP contribution in [-0.2, 0) is 4.84 Å². The van der Waals surface area contributed by atoms with Crippen LogP contribution in [0.3, 0.4) is 0 Å². The first-order chi connectivity index (χ1) is 5.74. The standard InChI is InChI=1S/C10H23NO/c1-5-8-11(9-6-2)12-10(4)7-3/h10H,5-9H2,1-4H3/q+1. The van der Waals surface area contributed by atoms with Gasteiger partial charge in [-0.15, -0.1) is 4.84 Å². The van der Waals surface area contributed by atoms with Crippen LogP contribution >= 0.6 is 0 Å². The van der Waals surface area contributed by atoms with Crippen molar-refractivity contribution in [2.24, 2.45) is 0 Å². The molecule has 0 fully saturated rings. The van der Waals surface area contributed by atoms with Crippen LogP contribution < -0.4 is 5.06 Å². The Hall–Kier alpha value is -0.0800. The van der Waals surface area contributed by atoms with E-state index in [0.717, 1.165) is 32.4 Å². The summed E-state index contributed by atoms with van der Waals surface area (Å²) in [4.78, 5) is 5.71. The van der Waals surface area contributed by atoms with Crippen molar-refractivity contribution in [3.63, 3.8) is 0 Å². The van der Waals surface area contributed by atoms with Crippen LogP contribution in [0.15, 0.2) is 0 Å². The number of rotatable bonds is 7. The summed E-state index contributed by atoms with van der Waals surface area (Å²) in [5.74, 6) is 0. The SMILES string of the molecule is CCC[N+](CCC)OC(C)CC. The largest absolute Gasteiger partial charge is 0.159 e. The number of hydrogen-bond donors (Lipinski definition) is 0. The molecule has 2 nitrogen and oxygen atoms in total. The highest BCUT2D eigenvalue weighted by atomic mass is 16.7. The minimum Gasteiger partial charge on any atom is -0.146 e. The molecule has 1 radical (unpaired) electrons. The highest BCUT2D eigenvalue weighted by Gasteiger charge is 2.17. The van der Waals surface area contributed by atoms with Crippen molar-refractivity contribution in [2.75, 3.05) is 13.1 Å². The Morgan fingerprint density at radius 3 is 1.92 bits per heavy atom. The Morgan fingerprint density at radius 2 is 1.58 bits per heavy atom. The molecule has 0 saturated heterocycles. The van der Waals surface area contributed by atoms with Crippen molar-refractivity contribution in [1.29, 1.82) is 0 Å². The van der Waals surface area contributed by atoms with Gasteiger partial charge in [0.1, 0.15) is 6.10 Å². The first-order valence-electron chi connectivity index (χ1n) is 5.16. The van der Waals surface area contributed by atoms with Gasteiger partial charge >= 0.3 is 0 Å². The van der Waals surface area contributed by atoms with Gasteiger partial charge in [-0.3, -0.25) is 0 Å². The molecule has 0 saturated carbocycles. The van der Waals surface area contributed by atoms with E-state index in [9.17, 15) is 0 Å². The summed E-state index contributed by atoms with van der Waals surface area (Å²) in [6.45, 7) is 10.8. The van der Waals surface area contributed by atoms with Gasteiger partial charge in [0.25, 0.3) is 0 Å². The molecule has 0 rings (SSSR count). The van der Waals surface area contributed by atoms with Gasteiger partial charge < -0.3 is 0 Å². The van der Waals surface area contributed by atoms with E-state index in [0.29, 0.717) is 6.10 Å². The zero-order valence-corrected chi connectivity index (χ0v) is 8.97. The Morgan fingerprint density at radius 1 is 1.08 bits per heavy atom. The molecule has 0 aromatic rings. The predicted octanol–water partition coefficient (Wildman–Crippen LogP) is 2.68. The van der Waals surface area contributed by atoms with Crippen molar-refractivity contribution in [1.82, 2.24) is 5.06 Å². The third-order valence-corrected chi connectivity index (χ3v) is 1.85. The molecular weight excluding hydrogens is 150 g/mol. The molecule has 0 heterocycles. The summed E-state index contributed by atoms with van der Waals surface area (Å²) in [5, 5.41) is 2.09. The zero-order chi connectivity index (χ0) is 9.40. The molecule has 12 heavy (non-hydrogen) atoms. The predicted molar refractivity (Wildman–Crippen MR) is 53.3 cm³/mol. The van der Waals surface area contributed by atoms with E-state index in [1.165, 1.54) is 0 Å². The fourth-order valence-electron chi connectivity index (χ4n) is 1.05. The lowest BCUT2D eigenvalue weighted by atomic mass is 10.3. The van der Waals surface area contributed by atoms with E-state index in [2.05, 4.69) is 32.8 Å². The molecule has 0 aromatic heterocycles. The van der Waals surface area contributed by atoms with Crippen LogP contribution in [0.4, 0.5) is 0 Å². The van der Waals surface area contributed by atoms with Crippen molar-refractivity contribution >= 4 is 0 Å². The van der Waals surface area contributed by atoms with Gasteiger partial charge in [0, 0.05) is 12.8 Å². The third-order valence-electron chi connectivity index (χ3n) is 1.85. The molecule has 0 aliphatic carbocycles. The number of nitrogens with zero attached hydrogens (tertiary/aromatic N) is 1. The highest BCUT2D eigenvalue weighted by molar-refractivity contribution is 4.52. The van der Waals surface area contributed by atoms with E-state index in [-0.39, 0.29) is 0 Å². The average molecular weight is 173 g/mol. The van der Waals surface area contributed by atoms with E-state index in [1.54, 1.807) is 0 Å². The average Bonchev–Trinajstić information content (AvgIpc) is 2.05. The van der Waals surface area contributed by atoms with Crippen molar-refractivity contribution in [3.05, 3.63) is 0 Å². The van der Waals surface area contributed by atoms with Gasteiger partial charge in [0.05, 0.1) is 0 Å². The maximum absolute atomic E-state index is 5.71. The van der Waals surface area contributed by atoms with E-state index in [4.69, 9.17) is 4.84 Å². The maximum atomic E-state index is 5.71. The van der Waals surface area contributed by atoms with Gasteiger partial charge in [-0.2, -0.15) is 0 Å². The minimum absolute atomic E-state index is 0.364. The van der Waals surface area contributed by atoms with Crippen molar-refractivity contribution in [2.45, 2.75) is 53.1 Å². The van der Waals surface area contributed by atoms with Crippen LogP contribution in [0.5, 0.6) is 0 Å². The molecule has 2 heteroatoms. The Balaban J connectivity index is 3.61. The van der Waals surface area contributed by atoms with Crippen molar-refractivity contribution < 1.29 is 4.84 Å². The quantitative estimate of drug-likeness (QED) is 0.427. The second-order valence-electron chi connectivity index (χ2n) is 3.25. The Kier molecular flexibility index (Phi) is 7.51. The molecule has 0 bridgehead atoms. The Bertz CT molecular complexity index is 89.8. The van der Waals surface area contributed by atoms with Crippen LogP contribution in [0.2, 0.25) is 0 Å². The van der Waals surface area contributed by atoms with E-state index >= 15 is 0 Å². The first-order valence-corrected chi connectivity index (χ1v) is 5.16. The van der Waals surface area contributed by atoms with Gasteiger partial charge in [0.15, 0.2) is 13.1 Å². The second kappa shape index (κ2) is 7.56. The molecule has 73 valence electrons. The fourth-order valence-corrected chi connectivity index (χ4v) is 1.05. The van der Waals surface area contributed by atoms with Gasteiger partial charge in [0.2, 0.25) is 0 Å². The first kappa shape index (κ1) is 11.9. The fraction of sp³-hybridized carbons (Fsp3) is 1.00. The monoisotopic (exact) mass is 173 g/mol. The zero-order valence-electron chi connectivity index (χ0n) is 8.97. The second-order valence-corrected chi connectivity index (χ2v) is 3.25. The van der Waals surface area contributed by atoms with Crippen LogP contribution in [0.25, 0.3) is 0 Å². The van der Waals surface area contributed by atoms with Gasteiger partial charge in [-0.25, -0.2) is 0 Å². The minimum atomic E-state index is 0.364. The molecular formula is C10H23NO+. The van der Waals surface area contributed by atoms with Crippen LogP contribution in [0, 0.1) is 0 Å². The summed E-state index contributed by atoms with van der Waals surface area (Å²) in [7, 11) is 0. The van der Waals surface area contributed by atoms with Crippen LogP contribution in [-0.4, -0.2) is 19.2 Å². The van der Waals surface area contributed by atoms with Crippen molar-refractivity contribution in [3.8, 4) is 0 Å². The number of hydrogen-bond acceptors (Lipinski definition) is 2. The molecule has 1 atom stereocenters. The highest BCUT2D eigenvalue weighted by Crippen LogP contribution is 2.00. The third kappa shape index (κ3) is 5.56. The van der Waals surface area contributed by atoms with E-state index in [1.807, 2.05) is 0 Å². The smallest absolute Gasteiger partial charge is 0.146 e. The summed E-state index contributed by atoms with van der Waals surface area (Å²) in [6.07, 6.45) is 3.78. The van der Waals surface area contributed by atoms with Gasteiger partial charge in [-0.05, 0) is 18.4 Å². The molecule has 0 amide bonds. The number of hydroxylamine groups is 2. The van der Waals surface area contributed by atoms with E-state index < -0.39 is 0 Å². The molecule has 1 unspecified atom stereocenters. The summed E-state index contributed by atoms with van der Waals surface area (Å²) in [5.41, 5.74) is 0. The molecule has 0 spiro atoms. The molecule has 0 aromatic carbocycles. The molecule has 0 aliphatic rings. The molecule has 0 aliphatic heterocycles. The lowest BCUT2D eigenvalue weighted by Gasteiger charge is -2.12. The lowest BCUT2D eigenvalue weighted by Crippen LogP contribution is -2.35. The van der Waals surface area contributed by atoms with Crippen LogP contribution in [0.1, 0.15) is 47.0 Å². The Labute approximate surface area is 76.9 Å². The summed E-state index contributed by atoms with van der Waals surface area (Å²) < 4.78 is 0. The summed E-state index contributed by atoms with van der Waals surface area (Å²) in [6, 6.07) is 0. The molecule has 0 N–H and O–H groups in total. The topological polar surface area (TPSA) is 15.1 Å². The lowest BCUT2D eigenvalue weighted by molar-refractivity contribution is -0.113. The normalized spacial score (nSPS) is 13.8. The van der Waals surface area contributed by atoms with Gasteiger partial charge in [-0.1, -0.05) is 20.8 Å².